The molecule has 4 rings (SSSR count). The number of rotatable bonds is 3. The van der Waals surface area contributed by atoms with Crippen molar-refractivity contribution >= 4 is 22.8 Å². The third-order valence-corrected chi connectivity index (χ3v) is 5.37. The fourth-order valence-electron chi connectivity index (χ4n) is 4.00. The van der Waals surface area contributed by atoms with Gasteiger partial charge in [-0.05, 0) is 19.8 Å². The zero-order chi connectivity index (χ0) is 17.9. The summed E-state index contributed by atoms with van der Waals surface area (Å²) in [5, 5.41) is 3.95. The molecule has 0 atom stereocenters. The molecule has 1 saturated heterocycles. The summed E-state index contributed by atoms with van der Waals surface area (Å²) in [4.78, 5) is 23.9. The third kappa shape index (κ3) is 3.40. The molecule has 2 fully saturated rings. The van der Waals surface area contributed by atoms with Crippen LogP contribution >= 0.6 is 0 Å². The molecule has 7 nitrogen and oxygen atoms in total. The van der Waals surface area contributed by atoms with Gasteiger partial charge in [0.15, 0.2) is 0 Å². The average molecular weight is 358 g/mol. The van der Waals surface area contributed by atoms with Crippen molar-refractivity contribution in [3.05, 3.63) is 17.7 Å². The molecule has 7 heteroatoms. The van der Waals surface area contributed by atoms with Crippen molar-refractivity contribution in [3.8, 4) is 0 Å². The SMILES string of the molecule is Cc1oc2ncnc(N3CCOCC3)c2c1C(=O)NC1CCCCCC1. The molecule has 1 saturated carbocycles. The van der Waals surface area contributed by atoms with Gasteiger partial charge in [-0.25, -0.2) is 9.97 Å². The van der Waals surface area contributed by atoms with Gasteiger partial charge in [-0.3, -0.25) is 4.79 Å². The van der Waals surface area contributed by atoms with E-state index < -0.39 is 0 Å². The summed E-state index contributed by atoms with van der Waals surface area (Å²) in [5.41, 5.74) is 1.05. The highest BCUT2D eigenvalue weighted by molar-refractivity contribution is 6.10. The number of nitrogens with one attached hydrogen (secondary N) is 1. The van der Waals surface area contributed by atoms with Gasteiger partial charge in [0, 0.05) is 19.1 Å². The zero-order valence-corrected chi connectivity index (χ0v) is 15.3. The van der Waals surface area contributed by atoms with Crippen LogP contribution in [0.2, 0.25) is 0 Å². The number of nitrogens with zero attached hydrogens (tertiary/aromatic N) is 3. The van der Waals surface area contributed by atoms with Gasteiger partial charge in [0.05, 0.1) is 24.2 Å². The Bertz CT molecular complexity index is 774. The second-order valence-electron chi connectivity index (χ2n) is 7.17. The van der Waals surface area contributed by atoms with Crippen molar-refractivity contribution in [2.24, 2.45) is 0 Å². The molecule has 0 radical (unpaired) electrons. The summed E-state index contributed by atoms with van der Waals surface area (Å²) in [6.45, 7) is 4.64. The number of aromatic nitrogens is 2. The topological polar surface area (TPSA) is 80.5 Å². The maximum Gasteiger partial charge on any atom is 0.255 e. The lowest BCUT2D eigenvalue weighted by Gasteiger charge is -2.28. The van der Waals surface area contributed by atoms with Crippen LogP contribution in [0, 0.1) is 6.92 Å². The molecular formula is C19H26N4O3. The minimum atomic E-state index is -0.0718. The van der Waals surface area contributed by atoms with Crippen molar-refractivity contribution in [3.63, 3.8) is 0 Å². The van der Waals surface area contributed by atoms with Gasteiger partial charge in [0.2, 0.25) is 5.71 Å². The van der Waals surface area contributed by atoms with Crippen LogP contribution in [0.1, 0.15) is 54.6 Å². The predicted octanol–water partition coefficient (Wildman–Crippen LogP) is 2.82. The maximum absolute atomic E-state index is 13.1. The fraction of sp³-hybridized carbons (Fsp3) is 0.632. The van der Waals surface area contributed by atoms with E-state index in [1.807, 2.05) is 6.92 Å². The Labute approximate surface area is 153 Å². The molecule has 0 bridgehead atoms. The van der Waals surface area contributed by atoms with Crippen LogP contribution in [0.4, 0.5) is 5.82 Å². The lowest BCUT2D eigenvalue weighted by atomic mass is 10.1. The second kappa shape index (κ2) is 7.61. The van der Waals surface area contributed by atoms with Crippen LogP contribution in [0.25, 0.3) is 11.1 Å². The minimum absolute atomic E-state index is 0.0718. The lowest BCUT2D eigenvalue weighted by Crippen LogP contribution is -2.37. The van der Waals surface area contributed by atoms with Crippen LogP contribution < -0.4 is 10.2 Å². The molecule has 2 aromatic rings. The number of aryl methyl sites for hydroxylation is 1. The molecular weight excluding hydrogens is 332 g/mol. The number of hydrogen-bond acceptors (Lipinski definition) is 6. The van der Waals surface area contributed by atoms with Crippen LogP contribution in [0.5, 0.6) is 0 Å². The number of ether oxygens (including phenoxy) is 1. The number of fused-ring (bicyclic) bond motifs is 1. The molecule has 3 heterocycles. The number of morpholine rings is 1. The molecule has 1 amide bonds. The van der Waals surface area contributed by atoms with Crippen LogP contribution in [-0.2, 0) is 4.74 Å². The Hall–Kier alpha value is -2.15. The standard InChI is InChI=1S/C19H26N4O3/c1-13-15(18(24)22-14-6-4-2-3-5-7-14)16-17(20-12-21-19(16)26-13)23-8-10-25-11-9-23/h12,14H,2-11H2,1H3,(H,22,24). The van der Waals surface area contributed by atoms with E-state index in [1.165, 1.54) is 32.0 Å². The number of hydrogen-bond donors (Lipinski definition) is 1. The number of anilines is 1. The molecule has 2 aliphatic rings. The van der Waals surface area contributed by atoms with Crippen molar-refractivity contribution in [2.75, 3.05) is 31.2 Å². The monoisotopic (exact) mass is 358 g/mol. The largest absolute Gasteiger partial charge is 0.442 e. The summed E-state index contributed by atoms with van der Waals surface area (Å²) >= 11 is 0. The molecule has 1 aliphatic heterocycles. The summed E-state index contributed by atoms with van der Waals surface area (Å²) in [6, 6.07) is 0.241. The molecule has 1 N–H and O–H groups in total. The van der Waals surface area contributed by atoms with Crippen LogP contribution in [0.15, 0.2) is 10.7 Å². The number of carbonyl (C=O) groups is 1. The Morgan fingerprint density at radius 3 is 2.62 bits per heavy atom. The van der Waals surface area contributed by atoms with Crippen molar-refractivity contribution in [1.29, 1.82) is 0 Å². The quantitative estimate of drug-likeness (QED) is 0.850. The van der Waals surface area contributed by atoms with Gasteiger partial charge in [-0.2, -0.15) is 0 Å². The van der Waals surface area contributed by atoms with E-state index in [-0.39, 0.29) is 11.9 Å². The summed E-state index contributed by atoms with van der Waals surface area (Å²) in [7, 11) is 0. The van der Waals surface area contributed by atoms with Gasteiger partial charge in [0.1, 0.15) is 17.9 Å². The smallest absolute Gasteiger partial charge is 0.255 e. The Morgan fingerprint density at radius 1 is 1.15 bits per heavy atom. The average Bonchev–Trinajstić information content (AvgIpc) is 2.81. The first-order valence-electron chi connectivity index (χ1n) is 9.61. The van der Waals surface area contributed by atoms with Crippen molar-refractivity contribution in [2.45, 2.75) is 51.5 Å². The molecule has 26 heavy (non-hydrogen) atoms. The highest BCUT2D eigenvalue weighted by atomic mass is 16.5. The first-order valence-corrected chi connectivity index (χ1v) is 9.61. The number of amides is 1. The normalized spacial score (nSPS) is 19.5. The third-order valence-electron chi connectivity index (χ3n) is 5.37. The van der Waals surface area contributed by atoms with E-state index in [9.17, 15) is 4.79 Å². The van der Waals surface area contributed by atoms with E-state index >= 15 is 0 Å². The second-order valence-corrected chi connectivity index (χ2v) is 7.17. The lowest BCUT2D eigenvalue weighted by molar-refractivity contribution is 0.0933. The Balaban J connectivity index is 1.67. The van der Waals surface area contributed by atoms with Gasteiger partial charge >= 0.3 is 0 Å². The van der Waals surface area contributed by atoms with Crippen LogP contribution in [0.3, 0.4) is 0 Å². The first-order chi connectivity index (χ1) is 12.7. The molecule has 140 valence electrons. The maximum atomic E-state index is 13.1. The fourth-order valence-corrected chi connectivity index (χ4v) is 4.00. The van der Waals surface area contributed by atoms with Gasteiger partial charge < -0.3 is 19.4 Å². The highest BCUT2D eigenvalue weighted by Crippen LogP contribution is 2.32. The molecule has 2 aromatic heterocycles. The minimum Gasteiger partial charge on any atom is -0.442 e. The van der Waals surface area contributed by atoms with Crippen molar-refractivity contribution < 1.29 is 13.9 Å². The van der Waals surface area contributed by atoms with E-state index in [0.29, 0.717) is 30.3 Å². The molecule has 0 aromatic carbocycles. The van der Waals surface area contributed by atoms with E-state index in [0.717, 1.165) is 37.1 Å². The molecule has 0 spiro atoms. The number of furan rings is 1. The van der Waals surface area contributed by atoms with Gasteiger partial charge in [-0.1, -0.05) is 25.7 Å². The van der Waals surface area contributed by atoms with Gasteiger partial charge in [0.25, 0.3) is 5.91 Å². The highest BCUT2D eigenvalue weighted by Gasteiger charge is 2.27. The summed E-state index contributed by atoms with van der Waals surface area (Å²) < 4.78 is 11.2. The zero-order valence-electron chi connectivity index (χ0n) is 15.3. The molecule has 0 unspecified atom stereocenters. The Kier molecular flexibility index (Phi) is 5.06. The number of carbonyl (C=O) groups excluding carboxylic acids is 1. The van der Waals surface area contributed by atoms with Crippen molar-refractivity contribution in [1.82, 2.24) is 15.3 Å². The van der Waals surface area contributed by atoms with Crippen LogP contribution in [-0.4, -0.2) is 48.2 Å². The summed E-state index contributed by atoms with van der Waals surface area (Å²) in [6.07, 6.45) is 8.48. The predicted molar refractivity (Wildman–Crippen MR) is 98.5 cm³/mol. The Morgan fingerprint density at radius 2 is 1.88 bits per heavy atom. The van der Waals surface area contributed by atoms with E-state index in [2.05, 4.69) is 20.2 Å². The first kappa shape index (κ1) is 17.3. The summed E-state index contributed by atoms with van der Waals surface area (Å²) in [5.74, 6) is 1.29. The van der Waals surface area contributed by atoms with E-state index in [1.54, 1.807) is 0 Å². The van der Waals surface area contributed by atoms with E-state index in [4.69, 9.17) is 9.15 Å². The van der Waals surface area contributed by atoms with Gasteiger partial charge in [-0.15, -0.1) is 0 Å². The molecule has 1 aliphatic carbocycles.